The number of nitrogens with zero attached hydrogens (tertiary/aromatic N) is 1. The van der Waals surface area contributed by atoms with Crippen molar-refractivity contribution < 1.29 is 9.59 Å². The first-order chi connectivity index (χ1) is 10.4. The van der Waals surface area contributed by atoms with Gasteiger partial charge in [0, 0.05) is 36.4 Å². The van der Waals surface area contributed by atoms with Gasteiger partial charge < -0.3 is 4.90 Å². The molecule has 1 fully saturated rings. The van der Waals surface area contributed by atoms with E-state index in [0.717, 1.165) is 37.9 Å². The number of amides is 1. The fourth-order valence-corrected chi connectivity index (χ4v) is 3.11. The molecule has 1 saturated heterocycles. The number of rotatable bonds is 7. The Morgan fingerprint density at radius 1 is 1.09 bits per heavy atom. The van der Waals surface area contributed by atoms with E-state index in [9.17, 15) is 9.59 Å². The lowest BCUT2D eigenvalue weighted by Crippen LogP contribution is -2.26. The minimum atomic E-state index is -0.221. The Balaban J connectivity index is 2.28. The van der Waals surface area contributed by atoms with Gasteiger partial charge in [-0.2, -0.15) is 0 Å². The van der Waals surface area contributed by atoms with Crippen LogP contribution in [0.15, 0.2) is 12.3 Å². The van der Waals surface area contributed by atoms with Crippen LogP contribution < -0.4 is 0 Å². The van der Waals surface area contributed by atoms with Crippen LogP contribution in [0, 0.1) is 16.7 Å². The second-order valence-electron chi connectivity index (χ2n) is 9.00. The number of hydrogen-bond donors (Lipinski definition) is 0. The SMILES string of the molecule is C=C1C(C(C)(C)C)CC(=O)N1CCCCCCC(=O)C(C)(C)C. The third kappa shape index (κ3) is 5.78. The molecule has 0 N–H and O–H groups in total. The van der Waals surface area contributed by atoms with E-state index in [1.165, 1.54) is 0 Å². The molecule has 1 amide bonds. The van der Waals surface area contributed by atoms with Crippen molar-refractivity contribution in [2.45, 2.75) is 80.1 Å². The Hall–Kier alpha value is -1.12. The van der Waals surface area contributed by atoms with Gasteiger partial charge >= 0.3 is 0 Å². The van der Waals surface area contributed by atoms with Gasteiger partial charge in [-0.3, -0.25) is 9.59 Å². The van der Waals surface area contributed by atoms with E-state index in [1.807, 2.05) is 25.7 Å². The first-order valence-corrected chi connectivity index (χ1v) is 8.97. The standard InChI is InChI=1S/C20H35NO2/c1-15-16(19(2,3)4)14-18(23)21(15)13-11-9-8-10-12-17(22)20(5,6)7/h16H,1,8-14H2,2-7H3. The highest BCUT2D eigenvalue weighted by molar-refractivity contribution is 5.83. The molecule has 1 atom stereocenters. The van der Waals surface area contributed by atoms with Crippen LogP contribution in [0.2, 0.25) is 0 Å². The Kier molecular flexibility index (Phi) is 6.61. The smallest absolute Gasteiger partial charge is 0.227 e. The second-order valence-corrected chi connectivity index (χ2v) is 9.00. The summed E-state index contributed by atoms with van der Waals surface area (Å²) < 4.78 is 0. The predicted octanol–water partition coefficient (Wildman–Crippen LogP) is 4.96. The largest absolute Gasteiger partial charge is 0.316 e. The molecule has 3 nitrogen and oxygen atoms in total. The molecule has 0 bridgehead atoms. The topological polar surface area (TPSA) is 37.4 Å². The van der Waals surface area contributed by atoms with E-state index < -0.39 is 0 Å². The van der Waals surface area contributed by atoms with Crippen LogP contribution in [0.5, 0.6) is 0 Å². The summed E-state index contributed by atoms with van der Waals surface area (Å²) in [7, 11) is 0. The van der Waals surface area contributed by atoms with Crippen molar-refractivity contribution in [1.82, 2.24) is 4.90 Å². The molecule has 0 aliphatic carbocycles. The first-order valence-electron chi connectivity index (χ1n) is 8.97. The molecule has 1 unspecified atom stereocenters. The highest BCUT2D eigenvalue weighted by Gasteiger charge is 2.39. The van der Waals surface area contributed by atoms with Crippen LogP contribution in [0.25, 0.3) is 0 Å². The van der Waals surface area contributed by atoms with Gasteiger partial charge in [-0.25, -0.2) is 0 Å². The zero-order valence-corrected chi connectivity index (χ0v) is 16.0. The predicted molar refractivity (Wildman–Crippen MR) is 96.0 cm³/mol. The van der Waals surface area contributed by atoms with Gasteiger partial charge in [0.25, 0.3) is 0 Å². The van der Waals surface area contributed by atoms with Crippen LogP contribution in [-0.2, 0) is 9.59 Å². The molecule has 1 aliphatic heterocycles. The molecule has 0 aromatic heterocycles. The first kappa shape index (κ1) is 19.9. The minimum absolute atomic E-state index is 0.0921. The number of ketones is 1. The minimum Gasteiger partial charge on any atom is -0.316 e. The summed E-state index contributed by atoms with van der Waals surface area (Å²) in [6, 6.07) is 0. The zero-order chi connectivity index (χ0) is 17.8. The van der Waals surface area contributed by atoms with E-state index in [2.05, 4.69) is 27.4 Å². The molecule has 3 heteroatoms. The van der Waals surface area contributed by atoms with E-state index in [-0.39, 0.29) is 22.7 Å². The Labute approximate surface area is 142 Å². The lowest BCUT2D eigenvalue weighted by atomic mass is 9.79. The summed E-state index contributed by atoms with van der Waals surface area (Å²) in [5, 5.41) is 0. The summed E-state index contributed by atoms with van der Waals surface area (Å²) in [6.45, 7) is 17.4. The summed E-state index contributed by atoms with van der Waals surface area (Å²) in [4.78, 5) is 25.9. The van der Waals surface area contributed by atoms with Crippen LogP contribution in [0.3, 0.4) is 0 Å². The number of likely N-dealkylation sites (tertiary alicyclic amines) is 1. The molecule has 1 heterocycles. The van der Waals surface area contributed by atoms with Crippen LogP contribution in [-0.4, -0.2) is 23.1 Å². The lowest BCUT2D eigenvalue weighted by Gasteiger charge is -2.28. The van der Waals surface area contributed by atoms with Crippen molar-refractivity contribution in [3.8, 4) is 0 Å². The van der Waals surface area contributed by atoms with E-state index in [4.69, 9.17) is 0 Å². The van der Waals surface area contributed by atoms with Crippen molar-refractivity contribution in [3.05, 3.63) is 12.3 Å². The van der Waals surface area contributed by atoms with Gasteiger partial charge in [-0.15, -0.1) is 0 Å². The molecule has 0 spiro atoms. The molecule has 23 heavy (non-hydrogen) atoms. The molecule has 1 aliphatic rings. The van der Waals surface area contributed by atoms with E-state index >= 15 is 0 Å². The van der Waals surface area contributed by atoms with E-state index in [0.29, 0.717) is 18.6 Å². The molecule has 0 aromatic carbocycles. The maximum absolute atomic E-state index is 12.2. The van der Waals surface area contributed by atoms with Crippen LogP contribution in [0.1, 0.15) is 80.1 Å². The molecule has 1 rings (SSSR count). The van der Waals surface area contributed by atoms with Crippen molar-refractivity contribution in [1.29, 1.82) is 0 Å². The zero-order valence-electron chi connectivity index (χ0n) is 16.0. The number of carbonyl (C=O) groups is 2. The average molecular weight is 322 g/mol. The number of carbonyl (C=O) groups excluding carboxylic acids is 2. The summed E-state index contributed by atoms with van der Waals surface area (Å²) in [5.74, 6) is 0.825. The molecule has 0 radical (unpaired) electrons. The normalized spacial score (nSPS) is 19.6. The quantitative estimate of drug-likeness (QED) is 0.621. The Morgan fingerprint density at radius 3 is 2.13 bits per heavy atom. The summed E-state index contributed by atoms with van der Waals surface area (Å²) in [6.07, 6.45) is 5.34. The number of Topliss-reactive ketones (excluding diaryl/α,β-unsaturated/α-hetero) is 1. The fraction of sp³-hybridized carbons (Fsp3) is 0.800. The van der Waals surface area contributed by atoms with Gasteiger partial charge in [-0.1, -0.05) is 61.0 Å². The molecular formula is C20H35NO2. The summed E-state index contributed by atoms with van der Waals surface area (Å²) in [5.41, 5.74) is 0.863. The number of hydrogen-bond acceptors (Lipinski definition) is 2. The number of allylic oxidation sites excluding steroid dienone is 1. The molecule has 0 aromatic rings. The highest BCUT2D eigenvalue weighted by Crippen LogP contribution is 2.40. The second kappa shape index (κ2) is 7.63. The van der Waals surface area contributed by atoms with Gasteiger partial charge in [0.05, 0.1) is 0 Å². The maximum atomic E-state index is 12.2. The van der Waals surface area contributed by atoms with Crippen LogP contribution in [0.4, 0.5) is 0 Å². The van der Waals surface area contributed by atoms with Gasteiger partial charge in [-0.05, 0) is 18.3 Å². The number of unbranched alkanes of at least 4 members (excludes halogenated alkanes) is 3. The van der Waals surface area contributed by atoms with Crippen molar-refractivity contribution in [3.63, 3.8) is 0 Å². The van der Waals surface area contributed by atoms with Crippen molar-refractivity contribution in [2.24, 2.45) is 16.7 Å². The maximum Gasteiger partial charge on any atom is 0.227 e. The Morgan fingerprint density at radius 2 is 1.65 bits per heavy atom. The third-order valence-corrected chi connectivity index (χ3v) is 4.85. The monoisotopic (exact) mass is 321 g/mol. The van der Waals surface area contributed by atoms with Gasteiger partial charge in [0.1, 0.15) is 5.78 Å². The summed E-state index contributed by atoms with van der Waals surface area (Å²) >= 11 is 0. The van der Waals surface area contributed by atoms with Crippen molar-refractivity contribution >= 4 is 11.7 Å². The van der Waals surface area contributed by atoms with Gasteiger partial charge in [0.15, 0.2) is 0 Å². The van der Waals surface area contributed by atoms with Crippen molar-refractivity contribution in [2.75, 3.05) is 6.54 Å². The third-order valence-electron chi connectivity index (χ3n) is 4.85. The molecular weight excluding hydrogens is 286 g/mol. The lowest BCUT2D eigenvalue weighted by molar-refractivity contribution is -0.127. The Bertz CT molecular complexity index is 451. The average Bonchev–Trinajstić information content (AvgIpc) is 2.68. The fourth-order valence-electron chi connectivity index (χ4n) is 3.11. The van der Waals surface area contributed by atoms with E-state index in [1.54, 1.807) is 0 Å². The molecule has 132 valence electrons. The van der Waals surface area contributed by atoms with Gasteiger partial charge in [0.2, 0.25) is 5.91 Å². The molecule has 0 saturated carbocycles. The van der Waals surface area contributed by atoms with Crippen LogP contribution >= 0.6 is 0 Å². The highest BCUT2D eigenvalue weighted by atomic mass is 16.2.